The third kappa shape index (κ3) is 2.73. The molecule has 0 saturated carbocycles. The summed E-state index contributed by atoms with van der Waals surface area (Å²) in [6, 6.07) is 2.17. The minimum atomic E-state index is -0.600. The zero-order valence-corrected chi connectivity index (χ0v) is 7.90. The van der Waals surface area contributed by atoms with Crippen molar-refractivity contribution in [2.45, 2.75) is 19.3 Å². The van der Waals surface area contributed by atoms with Crippen LogP contribution in [-0.2, 0) is 9.59 Å². The second-order valence-electron chi connectivity index (χ2n) is 3.43. The quantitative estimate of drug-likeness (QED) is 0.609. The molecule has 5 heteroatoms. The molecule has 0 spiro atoms. The Morgan fingerprint density at radius 3 is 2.43 bits per heavy atom. The van der Waals surface area contributed by atoms with Gasteiger partial charge in [0.15, 0.2) is 0 Å². The Labute approximate surface area is 82.5 Å². The van der Waals surface area contributed by atoms with E-state index in [2.05, 4.69) is 6.07 Å². The van der Waals surface area contributed by atoms with Crippen molar-refractivity contribution in [3.8, 4) is 6.07 Å². The summed E-state index contributed by atoms with van der Waals surface area (Å²) >= 11 is 0. The lowest BCUT2D eigenvalue weighted by Crippen LogP contribution is -2.39. The summed E-state index contributed by atoms with van der Waals surface area (Å²) in [5, 5.41) is 8.63. The lowest BCUT2D eigenvalue weighted by molar-refractivity contribution is -0.136. The fraction of sp³-hybridized carbons (Fsp3) is 0.667. The average Bonchev–Trinajstić information content (AvgIpc) is 2.17. The Morgan fingerprint density at radius 1 is 1.43 bits per heavy atom. The SMILES string of the molecule is N#CC1CCN(C(=O)CC(N)=O)CC1. The molecule has 1 saturated heterocycles. The van der Waals surface area contributed by atoms with Gasteiger partial charge in [0.1, 0.15) is 6.42 Å². The lowest BCUT2D eigenvalue weighted by atomic mass is 9.98. The van der Waals surface area contributed by atoms with E-state index < -0.39 is 5.91 Å². The maximum Gasteiger partial charge on any atom is 0.231 e. The van der Waals surface area contributed by atoms with Gasteiger partial charge in [0.25, 0.3) is 0 Å². The second kappa shape index (κ2) is 4.61. The van der Waals surface area contributed by atoms with Crippen LogP contribution in [0, 0.1) is 17.2 Å². The zero-order valence-electron chi connectivity index (χ0n) is 7.90. The Morgan fingerprint density at radius 2 is 2.00 bits per heavy atom. The molecule has 1 heterocycles. The van der Waals surface area contributed by atoms with E-state index in [-0.39, 0.29) is 18.2 Å². The predicted molar refractivity (Wildman–Crippen MR) is 48.7 cm³/mol. The van der Waals surface area contributed by atoms with E-state index in [1.807, 2.05) is 0 Å². The first-order valence-electron chi connectivity index (χ1n) is 4.59. The van der Waals surface area contributed by atoms with Gasteiger partial charge in [0.05, 0.1) is 6.07 Å². The van der Waals surface area contributed by atoms with Crippen molar-refractivity contribution in [2.75, 3.05) is 13.1 Å². The van der Waals surface area contributed by atoms with Gasteiger partial charge < -0.3 is 10.6 Å². The zero-order chi connectivity index (χ0) is 10.6. The average molecular weight is 195 g/mol. The molecule has 1 fully saturated rings. The molecule has 0 unspecified atom stereocenters. The van der Waals surface area contributed by atoms with Gasteiger partial charge in [-0.1, -0.05) is 0 Å². The molecule has 0 aromatic heterocycles. The van der Waals surface area contributed by atoms with Crippen LogP contribution in [0.4, 0.5) is 0 Å². The number of nitrogens with two attached hydrogens (primary N) is 1. The third-order valence-corrected chi connectivity index (χ3v) is 2.36. The summed E-state index contributed by atoms with van der Waals surface area (Å²) in [4.78, 5) is 23.4. The molecule has 0 atom stereocenters. The monoisotopic (exact) mass is 195 g/mol. The molecular weight excluding hydrogens is 182 g/mol. The van der Waals surface area contributed by atoms with Crippen molar-refractivity contribution in [1.29, 1.82) is 5.26 Å². The maximum atomic E-state index is 11.3. The normalized spacial score (nSPS) is 17.5. The van der Waals surface area contributed by atoms with Gasteiger partial charge in [-0.25, -0.2) is 0 Å². The molecule has 1 aliphatic rings. The van der Waals surface area contributed by atoms with E-state index in [4.69, 9.17) is 11.0 Å². The standard InChI is InChI=1S/C9H13N3O2/c10-6-7-1-3-12(4-2-7)9(14)5-8(11)13/h7H,1-5H2,(H2,11,13). The fourth-order valence-corrected chi connectivity index (χ4v) is 1.52. The smallest absolute Gasteiger partial charge is 0.231 e. The molecule has 2 amide bonds. The van der Waals surface area contributed by atoms with E-state index in [1.54, 1.807) is 4.90 Å². The van der Waals surface area contributed by atoms with Gasteiger partial charge in [-0.05, 0) is 12.8 Å². The van der Waals surface area contributed by atoms with E-state index in [1.165, 1.54) is 0 Å². The first-order valence-corrected chi connectivity index (χ1v) is 4.59. The molecule has 0 aliphatic carbocycles. The first-order chi connectivity index (χ1) is 6.63. The van der Waals surface area contributed by atoms with Crippen LogP contribution in [0.2, 0.25) is 0 Å². The molecule has 2 N–H and O–H groups in total. The maximum absolute atomic E-state index is 11.3. The van der Waals surface area contributed by atoms with Crippen LogP contribution in [0.3, 0.4) is 0 Å². The Kier molecular flexibility index (Phi) is 3.46. The number of hydrogen-bond donors (Lipinski definition) is 1. The largest absolute Gasteiger partial charge is 0.369 e. The van der Waals surface area contributed by atoms with Crippen LogP contribution in [0.15, 0.2) is 0 Å². The number of carbonyl (C=O) groups excluding carboxylic acids is 2. The van der Waals surface area contributed by atoms with Crippen molar-refractivity contribution in [3.63, 3.8) is 0 Å². The minimum Gasteiger partial charge on any atom is -0.369 e. The highest BCUT2D eigenvalue weighted by molar-refractivity contribution is 5.96. The Hall–Kier alpha value is -1.57. The van der Waals surface area contributed by atoms with Gasteiger partial charge in [-0.15, -0.1) is 0 Å². The summed E-state index contributed by atoms with van der Waals surface area (Å²) in [5.74, 6) is -0.779. The van der Waals surface area contributed by atoms with Gasteiger partial charge in [-0.2, -0.15) is 5.26 Å². The Bertz CT molecular complexity index is 274. The summed E-state index contributed by atoms with van der Waals surface area (Å²) in [6.45, 7) is 1.12. The van der Waals surface area contributed by atoms with Crippen LogP contribution in [0.25, 0.3) is 0 Å². The van der Waals surface area contributed by atoms with Crippen molar-refractivity contribution in [2.24, 2.45) is 11.7 Å². The van der Waals surface area contributed by atoms with Crippen molar-refractivity contribution in [3.05, 3.63) is 0 Å². The third-order valence-electron chi connectivity index (χ3n) is 2.36. The van der Waals surface area contributed by atoms with Crippen molar-refractivity contribution in [1.82, 2.24) is 4.90 Å². The van der Waals surface area contributed by atoms with Crippen LogP contribution < -0.4 is 5.73 Å². The van der Waals surface area contributed by atoms with E-state index in [0.29, 0.717) is 25.9 Å². The van der Waals surface area contributed by atoms with Crippen LogP contribution in [0.5, 0.6) is 0 Å². The lowest BCUT2D eigenvalue weighted by Gasteiger charge is -2.28. The fourth-order valence-electron chi connectivity index (χ4n) is 1.52. The molecule has 1 aliphatic heterocycles. The number of likely N-dealkylation sites (tertiary alicyclic amines) is 1. The highest BCUT2D eigenvalue weighted by atomic mass is 16.2. The second-order valence-corrected chi connectivity index (χ2v) is 3.43. The molecule has 14 heavy (non-hydrogen) atoms. The first kappa shape index (κ1) is 10.5. The predicted octanol–water partition coefficient (Wildman–Crippen LogP) is -0.376. The number of rotatable bonds is 2. The number of piperidine rings is 1. The summed E-state index contributed by atoms with van der Waals surface area (Å²) in [6.07, 6.45) is 1.17. The van der Waals surface area contributed by atoms with Gasteiger partial charge in [-0.3, -0.25) is 9.59 Å². The molecular formula is C9H13N3O2. The summed E-state index contributed by atoms with van der Waals surface area (Å²) in [5.41, 5.74) is 4.91. The summed E-state index contributed by atoms with van der Waals surface area (Å²) in [7, 11) is 0. The molecule has 1 rings (SSSR count). The molecule has 0 aromatic rings. The van der Waals surface area contributed by atoms with Crippen LogP contribution in [0.1, 0.15) is 19.3 Å². The highest BCUT2D eigenvalue weighted by Gasteiger charge is 2.22. The van der Waals surface area contributed by atoms with Crippen molar-refractivity contribution >= 4 is 11.8 Å². The van der Waals surface area contributed by atoms with Crippen LogP contribution in [-0.4, -0.2) is 29.8 Å². The number of nitrogens with zero attached hydrogens (tertiary/aromatic N) is 2. The van der Waals surface area contributed by atoms with Crippen molar-refractivity contribution < 1.29 is 9.59 Å². The van der Waals surface area contributed by atoms with Crippen LogP contribution >= 0.6 is 0 Å². The number of nitriles is 1. The van der Waals surface area contributed by atoms with Gasteiger partial charge in [0.2, 0.25) is 11.8 Å². The molecule has 0 radical (unpaired) electrons. The number of amides is 2. The number of primary amides is 1. The van der Waals surface area contributed by atoms with Gasteiger partial charge in [0, 0.05) is 19.0 Å². The summed E-state index contributed by atoms with van der Waals surface area (Å²) < 4.78 is 0. The van der Waals surface area contributed by atoms with E-state index >= 15 is 0 Å². The Balaban J connectivity index is 2.38. The van der Waals surface area contributed by atoms with Gasteiger partial charge >= 0.3 is 0 Å². The molecule has 76 valence electrons. The minimum absolute atomic E-state index is 0.0487. The van der Waals surface area contributed by atoms with E-state index in [9.17, 15) is 9.59 Å². The molecule has 5 nitrogen and oxygen atoms in total. The number of carbonyl (C=O) groups is 2. The van der Waals surface area contributed by atoms with E-state index in [0.717, 1.165) is 0 Å². The topological polar surface area (TPSA) is 87.2 Å². The molecule has 0 aromatic carbocycles. The number of hydrogen-bond acceptors (Lipinski definition) is 3. The molecule has 0 bridgehead atoms. The highest BCUT2D eigenvalue weighted by Crippen LogP contribution is 2.16.